The van der Waals surface area contributed by atoms with E-state index in [-0.39, 0.29) is 11.5 Å². The minimum absolute atomic E-state index is 0.0693. The van der Waals surface area contributed by atoms with Crippen molar-refractivity contribution in [2.75, 3.05) is 31.1 Å². The lowest BCUT2D eigenvalue weighted by Gasteiger charge is -2.28. The van der Waals surface area contributed by atoms with Gasteiger partial charge in [0.25, 0.3) is 11.5 Å². The minimum Gasteiger partial charge on any atom is -0.372 e. The molecule has 2 aliphatic heterocycles. The molecule has 1 aromatic carbocycles. The molecule has 2 fully saturated rings. The summed E-state index contributed by atoms with van der Waals surface area (Å²) in [6.07, 6.45) is 7.67. The van der Waals surface area contributed by atoms with Crippen LogP contribution in [0.25, 0.3) is 21.9 Å². The van der Waals surface area contributed by atoms with Crippen molar-refractivity contribution in [1.29, 1.82) is 0 Å². The standard InChI is InChI=1S/C26H30N4O2S/c1-17-18(2)33-25-22(17)24(31)27-23(28-25)21(26(32)30-14-6-7-15-30)16-19-8-10-20(11-9-19)29-12-4-3-5-13-29/h8-11,16H,3-7,12-15H2,1-2H3,(H,27,28,31). The molecule has 2 aromatic heterocycles. The molecule has 5 rings (SSSR count). The highest BCUT2D eigenvalue weighted by Gasteiger charge is 2.25. The van der Waals surface area contributed by atoms with Crippen LogP contribution in [0.5, 0.6) is 0 Å². The van der Waals surface area contributed by atoms with E-state index in [1.54, 1.807) is 0 Å². The molecule has 6 nitrogen and oxygen atoms in total. The zero-order valence-electron chi connectivity index (χ0n) is 19.3. The van der Waals surface area contributed by atoms with Crippen LogP contribution in [0.4, 0.5) is 5.69 Å². The van der Waals surface area contributed by atoms with E-state index >= 15 is 0 Å². The number of rotatable bonds is 4. The van der Waals surface area contributed by atoms with Gasteiger partial charge in [-0.1, -0.05) is 12.1 Å². The van der Waals surface area contributed by atoms with Crippen LogP contribution in [0.15, 0.2) is 29.1 Å². The molecule has 0 unspecified atom stereocenters. The van der Waals surface area contributed by atoms with Gasteiger partial charge in [0, 0.05) is 36.7 Å². The van der Waals surface area contributed by atoms with Crippen LogP contribution >= 0.6 is 11.3 Å². The molecule has 0 radical (unpaired) electrons. The fraction of sp³-hybridized carbons (Fsp3) is 0.423. The normalized spacial score (nSPS) is 17.2. The number of hydrogen-bond donors (Lipinski definition) is 1. The maximum Gasteiger partial charge on any atom is 0.260 e. The highest BCUT2D eigenvalue weighted by Crippen LogP contribution is 2.28. The fourth-order valence-corrected chi connectivity index (χ4v) is 5.83. The molecule has 0 saturated carbocycles. The largest absolute Gasteiger partial charge is 0.372 e. The molecule has 7 heteroatoms. The third-order valence-corrected chi connectivity index (χ3v) is 7.94. The molecule has 33 heavy (non-hydrogen) atoms. The summed E-state index contributed by atoms with van der Waals surface area (Å²) in [4.78, 5) is 40.1. The van der Waals surface area contributed by atoms with E-state index in [4.69, 9.17) is 4.98 Å². The Morgan fingerprint density at radius 2 is 1.67 bits per heavy atom. The van der Waals surface area contributed by atoms with Gasteiger partial charge in [-0.05, 0) is 75.3 Å². The highest BCUT2D eigenvalue weighted by atomic mass is 32.1. The van der Waals surface area contributed by atoms with Crippen LogP contribution in [-0.4, -0.2) is 47.0 Å². The number of aryl methyl sites for hydroxylation is 2. The predicted molar refractivity (Wildman–Crippen MR) is 136 cm³/mol. The minimum atomic E-state index is -0.183. The highest BCUT2D eigenvalue weighted by molar-refractivity contribution is 7.18. The van der Waals surface area contributed by atoms with Crippen molar-refractivity contribution in [2.24, 2.45) is 0 Å². The molecule has 0 bridgehead atoms. The van der Waals surface area contributed by atoms with E-state index in [0.29, 0.717) is 21.6 Å². The number of carbonyl (C=O) groups excluding carboxylic acids is 1. The number of nitrogens with one attached hydrogen (secondary N) is 1. The second-order valence-corrected chi connectivity index (χ2v) is 10.3. The Hall–Kier alpha value is -2.93. The smallest absolute Gasteiger partial charge is 0.260 e. The van der Waals surface area contributed by atoms with Crippen LogP contribution in [0.1, 0.15) is 53.9 Å². The van der Waals surface area contributed by atoms with E-state index in [1.165, 1.54) is 36.3 Å². The van der Waals surface area contributed by atoms with E-state index in [0.717, 1.165) is 55.0 Å². The van der Waals surface area contributed by atoms with Crippen LogP contribution in [0.2, 0.25) is 0 Å². The summed E-state index contributed by atoms with van der Waals surface area (Å²) >= 11 is 1.50. The van der Waals surface area contributed by atoms with Crippen molar-refractivity contribution in [3.63, 3.8) is 0 Å². The fourth-order valence-electron chi connectivity index (χ4n) is 4.80. The van der Waals surface area contributed by atoms with Gasteiger partial charge in [-0.2, -0.15) is 0 Å². The number of amides is 1. The Balaban J connectivity index is 1.55. The molecule has 2 saturated heterocycles. The molecule has 4 heterocycles. The van der Waals surface area contributed by atoms with Crippen molar-refractivity contribution in [3.05, 3.63) is 56.4 Å². The van der Waals surface area contributed by atoms with E-state index in [9.17, 15) is 9.59 Å². The zero-order chi connectivity index (χ0) is 22.9. The topological polar surface area (TPSA) is 69.3 Å². The van der Waals surface area contributed by atoms with Gasteiger partial charge in [-0.15, -0.1) is 11.3 Å². The van der Waals surface area contributed by atoms with Crippen LogP contribution in [0, 0.1) is 13.8 Å². The summed E-state index contributed by atoms with van der Waals surface area (Å²) in [6.45, 7) is 7.62. The third kappa shape index (κ3) is 4.34. The summed E-state index contributed by atoms with van der Waals surface area (Å²) in [5.41, 5.74) is 3.37. The first-order valence-electron chi connectivity index (χ1n) is 11.9. The van der Waals surface area contributed by atoms with Crippen molar-refractivity contribution in [1.82, 2.24) is 14.9 Å². The van der Waals surface area contributed by atoms with Gasteiger partial charge < -0.3 is 14.8 Å². The Labute approximate surface area is 198 Å². The summed E-state index contributed by atoms with van der Waals surface area (Å²) in [5, 5.41) is 0.625. The number of thiophene rings is 1. The molecule has 2 aliphatic rings. The molecular weight excluding hydrogens is 432 g/mol. The maximum atomic E-state index is 13.5. The number of fused-ring (bicyclic) bond motifs is 1. The van der Waals surface area contributed by atoms with E-state index in [2.05, 4.69) is 34.1 Å². The van der Waals surface area contributed by atoms with Crippen LogP contribution in [0.3, 0.4) is 0 Å². The Kier molecular flexibility index (Phi) is 6.06. The third-order valence-electron chi connectivity index (χ3n) is 6.84. The summed E-state index contributed by atoms with van der Waals surface area (Å²) in [7, 11) is 0. The molecular formula is C26H30N4O2S. The SMILES string of the molecule is Cc1sc2nc(C(=Cc3ccc(N4CCCCC4)cc3)C(=O)N3CCCC3)[nH]c(=O)c2c1C. The number of carbonyl (C=O) groups is 1. The molecule has 172 valence electrons. The van der Waals surface area contributed by atoms with Gasteiger partial charge in [-0.3, -0.25) is 9.59 Å². The van der Waals surface area contributed by atoms with Gasteiger partial charge in [0.2, 0.25) is 0 Å². The Morgan fingerprint density at radius 3 is 2.36 bits per heavy atom. The molecule has 3 aromatic rings. The number of aromatic nitrogens is 2. The molecule has 1 amide bonds. The van der Waals surface area contributed by atoms with Gasteiger partial charge in [0.15, 0.2) is 0 Å². The zero-order valence-corrected chi connectivity index (χ0v) is 20.1. The first kappa shape index (κ1) is 21.9. The Bertz CT molecular complexity index is 1260. The van der Waals surface area contributed by atoms with Crippen LogP contribution in [-0.2, 0) is 4.79 Å². The van der Waals surface area contributed by atoms with Gasteiger partial charge >= 0.3 is 0 Å². The molecule has 1 N–H and O–H groups in total. The monoisotopic (exact) mass is 462 g/mol. The van der Waals surface area contributed by atoms with Gasteiger partial charge in [0.1, 0.15) is 10.7 Å². The number of H-pyrrole nitrogens is 1. The number of nitrogens with zero attached hydrogens (tertiary/aromatic N) is 3. The Morgan fingerprint density at radius 1 is 1.00 bits per heavy atom. The van der Waals surface area contributed by atoms with Crippen molar-refractivity contribution < 1.29 is 4.79 Å². The average Bonchev–Trinajstić information content (AvgIpc) is 3.47. The average molecular weight is 463 g/mol. The van der Waals surface area contributed by atoms with Crippen molar-refractivity contribution in [3.8, 4) is 0 Å². The maximum absolute atomic E-state index is 13.5. The van der Waals surface area contributed by atoms with Crippen LogP contribution < -0.4 is 10.5 Å². The molecule has 0 spiro atoms. The van der Waals surface area contributed by atoms with E-state index < -0.39 is 0 Å². The first-order chi connectivity index (χ1) is 16.0. The van der Waals surface area contributed by atoms with Gasteiger partial charge in [0.05, 0.1) is 11.0 Å². The number of aromatic amines is 1. The summed E-state index contributed by atoms with van der Waals surface area (Å²) < 4.78 is 0. The summed E-state index contributed by atoms with van der Waals surface area (Å²) in [6, 6.07) is 8.36. The second kappa shape index (κ2) is 9.14. The van der Waals surface area contributed by atoms with Gasteiger partial charge in [-0.25, -0.2) is 4.98 Å². The summed E-state index contributed by atoms with van der Waals surface area (Å²) in [5.74, 6) is 0.283. The quantitative estimate of drug-likeness (QED) is 0.568. The number of likely N-dealkylation sites (tertiary alicyclic amines) is 1. The lowest BCUT2D eigenvalue weighted by atomic mass is 10.1. The van der Waals surface area contributed by atoms with E-state index in [1.807, 2.05) is 24.8 Å². The second-order valence-electron chi connectivity index (χ2n) is 9.07. The molecule has 0 atom stereocenters. The molecule has 0 aliphatic carbocycles. The number of benzene rings is 1. The number of piperidine rings is 1. The number of hydrogen-bond acceptors (Lipinski definition) is 5. The first-order valence-corrected chi connectivity index (χ1v) is 12.7. The lowest BCUT2D eigenvalue weighted by molar-refractivity contribution is -0.123. The van der Waals surface area contributed by atoms with Crippen molar-refractivity contribution in [2.45, 2.75) is 46.0 Å². The van der Waals surface area contributed by atoms with Crippen molar-refractivity contribution >= 4 is 44.8 Å². The number of anilines is 1. The lowest BCUT2D eigenvalue weighted by Crippen LogP contribution is -2.29. The predicted octanol–water partition coefficient (Wildman–Crippen LogP) is 4.75.